The molecule has 126 valence electrons. The third-order valence-corrected chi connectivity index (χ3v) is 3.60. The number of nitrogens with zero attached hydrogens (tertiary/aromatic N) is 3. The van der Waals surface area contributed by atoms with Crippen molar-refractivity contribution in [2.75, 3.05) is 7.11 Å². The first kappa shape index (κ1) is 17.3. The van der Waals surface area contributed by atoms with Crippen molar-refractivity contribution in [3.8, 4) is 5.88 Å². The Bertz CT molecular complexity index is 711. The quantitative estimate of drug-likeness (QED) is 0.721. The summed E-state index contributed by atoms with van der Waals surface area (Å²) in [5, 5.41) is 6.88. The van der Waals surface area contributed by atoms with Crippen LogP contribution in [0.3, 0.4) is 0 Å². The standard InChI is InChI=1S/C12H11BrF3N3O4/c1-19-6(3-8(17-19)12(14,15)16)4-9(20)22-5-7-10(13)11(21-2)18-23-7/h3H,4-5H2,1-2H3. The van der Waals surface area contributed by atoms with Crippen LogP contribution < -0.4 is 4.74 Å². The van der Waals surface area contributed by atoms with Crippen LogP contribution in [-0.2, 0) is 35.8 Å². The Balaban J connectivity index is 1.97. The molecule has 0 aliphatic rings. The van der Waals surface area contributed by atoms with Crippen LogP contribution in [0.4, 0.5) is 13.2 Å². The molecule has 0 radical (unpaired) electrons. The van der Waals surface area contributed by atoms with Crippen molar-refractivity contribution in [1.82, 2.24) is 14.9 Å². The van der Waals surface area contributed by atoms with Crippen molar-refractivity contribution in [3.05, 3.63) is 27.7 Å². The molecule has 11 heteroatoms. The number of carbonyl (C=O) groups is 1. The third-order valence-electron chi connectivity index (χ3n) is 2.82. The Morgan fingerprint density at radius 3 is 2.70 bits per heavy atom. The second kappa shape index (κ2) is 6.60. The lowest BCUT2D eigenvalue weighted by atomic mass is 10.3. The highest BCUT2D eigenvalue weighted by Gasteiger charge is 2.34. The van der Waals surface area contributed by atoms with E-state index in [1.165, 1.54) is 14.2 Å². The number of hydrogen-bond acceptors (Lipinski definition) is 6. The molecule has 0 unspecified atom stereocenters. The van der Waals surface area contributed by atoms with E-state index in [0.717, 1.165) is 10.7 Å². The van der Waals surface area contributed by atoms with E-state index >= 15 is 0 Å². The zero-order chi connectivity index (χ0) is 17.2. The summed E-state index contributed by atoms with van der Waals surface area (Å²) in [7, 11) is 2.70. The normalized spacial score (nSPS) is 11.6. The first-order chi connectivity index (χ1) is 10.7. The molecule has 2 aromatic heterocycles. The van der Waals surface area contributed by atoms with Crippen LogP contribution in [-0.4, -0.2) is 28.0 Å². The molecule has 2 heterocycles. The van der Waals surface area contributed by atoms with E-state index in [2.05, 4.69) is 26.2 Å². The highest BCUT2D eigenvalue weighted by molar-refractivity contribution is 9.10. The number of carbonyl (C=O) groups excluding carboxylic acids is 1. The van der Waals surface area contributed by atoms with Gasteiger partial charge in [-0.05, 0) is 27.2 Å². The number of rotatable bonds is 5. The fourth-order valence-corrected chi connectivity index (χ4v) is 2.09. The zero-order valence-corrected chi connectivity index (χ0v) is 13.6. The summed E-state index contributed by atoms with van der Waals surface area (Å²) in [5.74, 6) is -0.322. The first-order valence-electron chi connectivity index (χ1n) is 6.16. The Morgan fingerprint density at radius 2 is 2.17 bits per heavy atom. The minimum absolute atomic E-state index is 0.0801. The van der Waals surface area contributed by atoms with Crippen LogP contribution in [0, 0.1) is 0 Å². The summed E-state index contributed by atoms with van der Waals surface area (Å²) in [4.78, 5) is 11.7. The maximum absolute atomic E-state index is 12.5. The number of aryl methyl sites for hydroxylation is 1. The number of halogens is 4. The molecular weight excluding hydrogens is 387 g/mol. The Labute approximate surface area is 136 Å². The topological polar surface area (TPSA) is 79.4 Å². The summed E-state index contributed by atoms with van der Waals surface area (Å²) >= 11 is 3.15. The molecule has 0 amide bonds. The Hall–Kier alpha value is -2.04. The average Bonchev–Trinajstić information content (AvgIpc) is 3.00. The van der Waals surface area contributed by atoms with Gasteiger partial charge in [0.15, 0.2) is 18.1 Å². The summed E-state index contributed by atoms with van der Waals surface area (Å²) in [6.07, 6.45) is -4.93. The van der Waals surface area contributed by atoms with Crippen molar-refractivity contribution in [2.45, 2.75) is 19.2 Å². The molecule has 0 spiro atoms. The number of esters is 1. The number of alkyl halides is 3. The summed E-state index contributed by atoms with van der Waals surface area (Å²) in [6, 6.07) is 0.800. The van der Waals surface area contributed by atoms with Gasteiger partial charge in [-0.2, -0.15) is 18.3 Å². The molecule has 0 saturated carbocycles. The maximum Gasteiger partial charge on any atom is 0.435 e. The number of hydrogen-bond donors (Lipinski definition) is 0. The van der Waals surface area contributed by atoms with Gasteiger partial charge in [-0.15, -0.1) is 0 Å². The highest BCUT2D eigenvalue weighted by Crippen LogP contribution is 2.29. The summed E-state index contributed by atoms with van der Waals surface area (Å²) in [5.41, 5.74) is -0.984. The molecular formula is C12H11BrF3N3O4. The van der Waals surface area contributed by atoms with E-state index in [4.69, 9.17) is 14.0 Å². The van der Waals surface area contributed by atoms with E-state index in [1.54, 1.807) is 0 Å². The molecule has 0 atom stereocenters. The molecule has 0 aliphatic carbocycles. The van der Waals surface area contributed by atoms with E-state index in [-0.39, 0.29) is 30.4 Å². The number of methoxy groups -OCH3 is 1. The first-order valence-corrected chi connectivity index (χ1v) is 6.95. The second-order valence-corrected chi connectivity index (χ2v) is 5.20. The smallest absolute Gasteiger partial charge is 0.435 e. The van der Waals surface area contributed by atoms with E-state index in [1.807, 2.05) is 0 Å². The minimum atomic E-state index is -4.57. The van der Waals surface area contributed by atoms with E-state index in [0.29, 0.717) is 4.47 Å². The lowest BCUT2D eigenvalue weighted by Gasteiger charge is -2.03. The molecule has 2 rings (SSSR count). The molecule has 0 aromatic carbocycles. The van der Waals surface area contributed by atoms with Crippen LogP contribution in [0.5, 0.6) is 5.88 Å². The minimum Gasteiger partial charge on any atom is -0.478 e. The van der Waals surface area contributed by atoms with Crippen molar-refractivity contribution >= 4 is 21.9 Å². The van der Waals surface area contributed by atoms with Gasteiger partial charge in [-0.3, -0.25) is 9.48 Å². The Kier molecular flexibility index (Phi) is 4.97. The van der Waals surface area contributed by atoms with Crippen molar-refractivity contribution < 1.29 is 32.0 Å². The molecule has 0 saturated heterocycles. The molecule has 0 N–H and O–H groups in total. The van der Waals surface area contributed by atoms with Gasteiger partial charge in [0.05, 0.1) is 13.5 Å². The van der Waals surface area contributed by atoms with E-state index < -0.39 is 17.8 Å². The van der Waals surface area contributed by atoms with Gasteiger partial charge < -0.3 is 14.0 Å². The van der Waals surface area contributed by atoms with Gasteiger partial charge in [-0.25, -0.2) is 0 Å². The summed E-state index contributed by atoms with van der Waals surface area (Å²) in [6.45, 7) is -0.236. The molecule has 7 nitrogen and oxygen atoms in total. The van der Waals surface area contributed by atoms with Gasteiger partial charge in [0.1, 0.15) is 4.47 Å². The molecule has 0 bridgehead atoms. The van der Waals surface area contributed by atoms with Gasteiger partial charge in [0, 0.05) is 12.7 Å². The highest BCUT2D eigenvalue weighted by atomic mass is 79.9. The number of ether oxygens (including phenoxy) is 2. The lowest BCUT2D eigenvalue weighted by molar-refractivity contribution is -0.145. The Morgan fingerprint density at radius 1 is 1.48 bits per heavy atom. The predicted molar refractivity (Wildman–Crippen MR) is 72.5 cm³/mol. The monoisotopic (exact) mass is 397 g/mol. The molecule has 0 fully saturated rings. The maximum atomic E-state index is 12.5. The predicted octanol–water partition coefficient (Wildman–Crippen LogP) is 2.48. The van der Waals surface area contributed by atoms with Gasteiger partial charge in [0.25, 0.3) is 5.88 Å². The van der Waals surface area contributed by atoms with Gasteiger partial charge >= 0.3 is 12.1 Å². The van der Waals surface area contributed by atoms with Gasteiger partial charge in [-0.1, -0.05) is 0 Å². The fraction of sp³-hybridized carbons (Fsp3) is 0.417. The average molecular weight is 398 g/mol. The van der Waals surface area contributed by atoms with Crippen LogP contribution in [0.25, 0.3) is 0 Å². The SMILES string of the molecule is COc1noc(COC(=O)Cc2cc(C(F)(F)F)nn2C)c1Br. The van der Waals surface area contributed by atoms with Crippen molar-refractivity contribution in [1.29, 1.82) is 0 Å². The zero-order valence-electron chi connectivity index (χ0n) is 12.0. The third kappa shape index (κ3) is 4.03. The molecule has 0 aliphatic heterocycles. The van der Waals surface area contributed by atoms with Crippen LogP contribution in [0.2, 0.25) is 0 Å². The summed E-state index contributed by atoms with van der Waals surface area (Å²) < 4.78 is 53.7. The largest absolute Gasteiger partial charge is 0.478 e. The van der Waals surface area contributed by atoms with E-state index in [9.17, 15) is 18.0 Å². The van der Waals surface area contributed by atoms with Crippen molar-refractivity contribution in [2.24, 2.45) is 7.05 Å². The van der Waals surface area contributed by atoms with Gasteiger partial charge in [0.2, 0.25) is 0 Å². The molecule has 23 heavy (non-hydrogen) atoms. The van der Waals surface area contributed by atoms with Crippen LogP contribution in [0.1, 0.15) is 17.1 Å². The van der Waals surface area contributed by atoms with Crippen LogP contribution >= 0.6 is 15.9 Å². The van der Waals surface area contributed by atoms with Crippen LogP contribution in [0.15, 0.2) is 15.1 Å². The van der Waals surface area contributed by atoms with Crippen molar-refractivity contribution in [3.63, 3.8) is 0 Å². The molecule has 2 aromatic rings. The fourth-order valence-electron chi connectivity index (χ4n) is 1.67. The second-order valence-electron chi connectivity index (χ2n) is 4.41. The lowest BCUT2D eigenvalue weighted by Crippen LogP contribution is -2.11. The number of aromatic nitrogens is 3.